The summed E-state index contributed by atoms with van der Waals surface area (Å²) in [5.74, 6) is -0.356. The van der Waals surface area contributed by atoms with E-state index in [1.165, 1.54) is 0 Å². The summed E-state index contributed by atoms with van der Waals surface area (Å²) in [5, 5.41) is 0. The highest BCUT2D eigenvalue weighted by Gasteiger charge is 2.17. The first-order chi connectivity index (χ1) is 5.64. The molecule has 0 aliphatic carbocycles. The van der Waals surface area contributed by atoms with Crippen LogP contribution in [0.4, 0.5) is 0 Å². The highest BCUT2D eigenvalue weighted by atomic mass is 16.5. The van der Waals surface area contributed by atoms with Crippen molar-refractivity contribution in [3.05, 3.63) is 30.3 Å². The zero-order chi connectivity index (χ0) is 9.03. The van der Waals surface area contributed by atoms with Crippen LogP contribution in [0, 0.1) is 0 Å². The van der Waals surface area contributed by atoms with E-state index in [-0.39, 0.29) is 0 Å². The van der Waals surface area contributed by atoms with Gasteiger partial charge in [0.1, 0.15) is 5.75 Å². The normalized spacial score (nSPS) is 11.2. The van der Waals surface area contributed by atoms with Crippen molar-refractivity contribution in [3.8, 4) is 5.75 Å². The maximum atomic E-state index is 5.60. The van der Waals surface area contributed by atoms with Crippen molar-refractivity contribution >= 4 is 0 Å². The van der Waals surface area contributed by atoms with Crippen molar-refractivity contribution in [1.29, 1.82) is 0 Å². The van der Waals surface area contributed by atoms with Crippen molar-refractivity contribution in [1.82, 2.24) is 0 Å². The molecule has 66 valence electrons. The summed E-state index contributed by atoms with van der Waals surface area (Å²) in [4.78, 5) is 0. The molecule has 0 bridgehead atoms. The Balaban J connectivity index is 2.64. The molecule has 0 saturated heterocycles. The molecular formula is C9H14N2O. The molecule has 0 saturated carbocycles. The van der Waals surface area contributed by atoms with E-state index in [2.05, 4.69) is 0 Å². The highest BCUT2D eigenvalue weighted by Crippen LogP contribution is 2.12. The van der Waals surface area contributed by atoms with Gasteiger partial charge in [0.25, 0.3) is 0 Å². The second-order valence-electron chi connectivity index (χ2n) is 2.72. The lowest BCUT2D eigenvalue weighted by molar-refractivity contribution is 0.0785. The third-order valence-electron chi connectivity index (χ3n) is 1.60. The Labute approximate surface area is 72.3 Å². The standard InChI is InChI=1S/C9H14N2O/c1-2-9(10,11)12-8-6-4-3-5-7-8/h3-7H,2,10-11H2,1H3. The van der Waals surface area contributed by atoms with Gasteiger partial charge in [-0.05, 0) is 12.1 Å². The zero-order valence-electron chi connectivity index (χ0n) is 7.16. The first kappa shape index (κ1) is 9.03. The van der Waals surface area contributed by atoms with Crippen molar-refractivity contribution in [2.45, 2.75) is 19.2 Å². The van der Waals surface area contributed by atoms with Gasteiger partial charge in [-0.2, -0.15) is 0 Å². The average molecular weight is 166 g/mol. The number of ether oxygens (including phenoxy) is 1. The average Bonchev–Trinajstić information content (AvgIpc) is 2.06. The molecule has 0 fully saturated rings. The first-order valence-corrected chi connectivity index (χ1v) is 3.96. The predicted molar refractivity (Wildman–Crippen MR) is 48.5 cm³/mol. The van der Waals surface area contributed by atoms with E-state index in [1.807, 2.05) is 37.3 Å². The van der Waals surface area contributed by atoms with Crippen LogP contribution in [0.5, 0.6) is 5.75 Å². The monoisotopic (exact) mass is 166 g/mol. The van der Waals surface area contributed by atoms with Gasteiger partial charge < -0.3 is 4.74 Å². The van der Waals surface area contributed by atoms with E-state index in [1.54, 1.807) is 0 Å². The largest absolute Gasteiger partial charge is 0.460 e. The summed E-state index contributed by atoms with van der Waals surface area (Å²) in [6, 6.07) is 9.31. The fourth-order valence-electron chi connectivity index (χ4n) is 0.780. The molecule has 1 rings (SSSR count). The van der Waals surface area contributed by atoms with Crippen LogP contribution in [0.15, 0.2) is 30.3 Å². The molecule has 1 aromatic rings. The van der Waals surface area contributed by atoms with Crippen LogP contribution in [0.2, 0.25) is 0 Å². The minimum Gasteiger partial charge on any atom is -0.460 e. The van der Waals surface area contributed by atoms with Gasteiger partial charge in [-0.25, -0.2) is 0 Å². The molecule has 0 amide bonds. The number of nitrogens with two attached hydrogens (primary N) is 2. The molecule has 0 atom stereocenters. The Morgan fingerprint density at radius 2 is 1.83 bits per heavy atom. The van der Waals surface area contributed by atoms with Crippen LogP contribution in [-0.4, -0.2) is 5.85 Å². The van der Waals surface area contributed by atoms with E-state index in [0.717, 1.165) is 0 Å². The molecule has 0 unspecified atom stereocenters. The van der Waals surface area contributed by atoms with Crippen LogP contribution < -0.4 is 16.2 Å². The van der Waals surface area contributed by atoms with Crippen LogP contribution in [0.3, 0.4) is 0 Å². The second-order valence-corrected chi connectivity index (χ2v) is 2.72. The van der Waals surface area contributed by atoms with E-state index in [9.17, 15) is 0 Å². The van der Waals surface area contributed by atoms with Gasteiger partial charge in [-0.1, -0.05) is 25.1 Å². The Hall–Kier alpha value is -1.06. The predicted octanol–water partition coefficient (Wildman–Crippen LogP) is 1.05. The fraction of sp³-hybridized carbons (Fsp3) is 0.333. The minimum atomic E-state index is -1.05. The smallest absolute Gasteiger partial charge is 0.212 e. The lowest BCUT2D eigenvalue weighted by atomic mass is 10.3. The van der Waals surface area contributed by atoms with Crippen molar-refractivity contribution in [2.24, 2.45) is 11.5 Å². The van der Waals surface area contributed by atoms with Crippen LogP contribution >= 0.6 is 0 Å². The Bertz CT molecular complexity index is 234. The molecule has 0 heterocycles. The van der Waals surface area contributed by atoms with Crippen LogP contribution in [-0.2, 0) is 0 Å². The molecule has 0 aliphatic heterocycles. The summed E-state index contributed by atoms with van der Waals surface area (Å²) in [5.41, 5.74) is 11.2. The quantitative estimate of drug-likeness (QED) is 0.660. The molecule has 3 heteroatoms. The molecule has 4 N–H and O–H groups in total. The Morgan fingerprint density at radius 3 is 2.33 bits per heavy atom. The maximum Gasteiger partial charge on any atom is 0.212 e. The van der Waals surface area contributed by atoms with Crippen molar-refractivity contribution in [2.75, 3.05) is 0 Å². The Kier molecular flexibility index (Phi) is 2.68. The van der Waals surface area contributed by atoms with Gasteiger partial charge in [0.15, 0.2) is 0 Å². The third-order valence-corrected chi connectivity index (χ3v) is 1.60. The summed E-state index contributed by atoms with van der Waals surface area (Å²) < 4.78 is 5.31. The summed E-state index contributed by atoms with van der Waals surface area (Å²) in [6.07, 6.45) is 0.571. The van der Waals surface area contributed by atoms with Gasteiger partial charge in [0.2, 0.25) is 5.85 Å². The van der Waals surface area contributed by atoms with Gasteiger partial charge in [0, 0.05) is 6.42 Å². The van der Waals surface area contributed by atoms with Crippen LogP contribution in [0.1, 0.15) is 13.3 Å². The first-order valence-electron chi connectivity index (χ1n) is 3.96. The van der Waals surface area contributed by atoms with E-state index in [0.29, 0.717) is 12.2 Å². The molecule has 12 heavy (non-hydrogen) atoms. The maximum absolute atomic E-state index is 5.60. The van der Waals surface area contributed by atoms with E-state index in [4.69, 9.17) is 16.2 Å². The van der Waals surface area contributed by atoms with Gasteiger partial charge >= 0.3 is 0 Å². The fourth-order valence-corrected chi connectivity index (χ4v) is 0.780. The topological polar surface area (TPSA) is 61.3 Å². The van der Waals surface area contributed by atoms with E-state index < -0.39 is 5.85 Å². The van der Waals surface area contributed by atoms with Crippen molar-refractivity contribution in [3.63, 3.8) is 0 Å². The van der Waals surface area contributed by atoms with Crippen molar-refractivity contribution < 1.29 is 4.74 Å². The third kappa shape index (κ3) is 2.53. The molecule has 0 radical (unpaired) electrons. The SMILES string of the molecule is CCC(N)(N)Oc1ccccc1. The lowest BCUT2D eigenvalue weighted by Gasteiger charge is -2.23. The molecule has 0 aromatic heterocycles. The number of hydrogen-bond donors (Lipinski definition) is 2. The number of para-hydroxylation sites is 1. The minimum absolute atomic E-state index is 0.571. The van der Waals surface area contributed by atoms with Crippen LogP contribution in [0.25, 0.3) is 0 Å². The molecule has 3 nitrogen and oxygen atoms in total. The summed E-state index contributed by atoms with van der Waals surface area (Å²) in [6.45, 7) is 1.88. The van der Waals surface area contributed by atoms with Gasteiger partial charge in [0.05, 0.1) is 0 Å². The molecule has 0 spiro atoms. The number of rotatable bonds is 3. The van der Waals surface area contributed by atoms with E-state index >= 15 is 0 Å². The molecule has 0 aliphatic rings. The van der Waals surface area contributed by atoms with Gasteiger partial charge in [-0.3, -0.25) is 11.5 Å². The number of hydrogen-bond acceptors (Lipinski definition) is 3. The molecule has 1 aromatic carbocycles. The Morgan fingerprint density at radius 1 is 1.25 bits per heavy atom. The summed E-state index contributed by atoms with van der Waals surface area (Å²) in [7, 11) is 0. The van der Waals surface area contributed by atoms with Gasteiger partial charge in [-0.15, -0.1) is 0 Å². The lowest BCUT2D eigenvalue weighted by Crippen LogP contribution is -2.54. The second kappa shape index (κ2) is 3.56. The summed E-state index contributed by atoms with van der Waals surface area (Å²) >= 11 is 0. The molecular weight excluding hydrogens is 152 g/mol. The zero-order valence-corrected chi connectivity index (χ0v) is 7.16. The number of benzene rings is 1. The highest BCUT2D eigenvalue weighted by molar-refractivity contribution is 5.21.